The van der Waals surface area contributed by atoms with Crippen LogP contribution in [0.5, 0.6) is 0 Å². The Morgan fingerprint density at radius 3 is 3.00 bits per heavy atom. The molecule has 0 radical (unpaired) electrons. The molecule has 1 aliphatic rings. The first-order chi connectivity index (χ1) is 7.66. The molecule has 0 aliphatic heterocycles. The summed E-state index contributed by atoms with van der Waals surface area (Å²) in [6.07, 6.45) is 3.79. The topological polar surface area (TPSA) is 15.8 Å². The lowest BCUT2D eigenvalue weighted by Crippen LogP contribution is -2.05. The minimum absolute atomic E-state index is 0.661. The molecule has 3 rings (SSSR count). The number of fused-ring (bicyclic) bond motifs is 3. The van der Waals surface area contributed by atoms with E-state index in [4.69, 9.17) is 11.6 Å². The van der Waals surface area contributed by atoms with Crippen molar-refractivity contribution in [3.63, 3.8) is 0 Å². The molecule has 0 spiro atoms. The molecule has 0 saturated heterocycles. The summed E-state index contributed by atoms with van der Waals surface area (Å²) in [6.45, 7) is 4.44. The molecule has 16 heavy (non-hydrogen) atoms. The van der Waals surface area contributed by atoms with E-state index in [9.17, 15) is 0 Å². The number of hydrogen-bond acceptors (Lipinski definition) is 0. The van der Waals surface area contributed by atoms with Gasteiger partial charge in [-0.15, -0.1) is 0 Å². The third kappa shape index (κ3) is 1.38. The highest BCUT2D eigenvalue weighted by atomic mass is 35.5. The Kier molecular flexibility index (Phi) is 2.25. The van der Waals surface area contributed by atoms with Crippen molar-refractivity contribution in [1.29, 1.82) is 0 Å². The smallest absolute Gasteiger partial charge is 0.0489 e. The Labute approximate surface area is 101 Å². The van der Waals surface area contributed by atoms with Crippen LogP contribution in [0.3, 0.4) is 0 Å². The fraction of sp³-hybridized carbons (Fsp3) is 0.429. The van der Waals surface area contributed by atoms with Crippen molar-refractivity contribution in [2.24, 2.45) is 0 Å². The highest BCUT2D eigenvalue weighted by Gasteiger charge is 2.21. The van der Waals surface area contributed by atoms with Gasteiger partial charge in [0.2, 0.25) is 0 Å². The Morgan fingerprint density at radius 1 is 1.38 bits per heavy atom. The average Bonchev–Trinajstić information content (AvgIpc) is 2.59. The van der Waals surface area contributed by atoms with Crippen LogP contribution in [0.2, 0.25) is 5.02 Å². The lowest BCUT2D eigenvalue weighted by molar-refractivity contribution is 0.582. The van der Waals surface area contributed by atoms with Gasteiger partial charge >= 0.3 is 0 Å². The van der Waals surface area contributed by atoms with Crippen LogP contribution in [-0.2, 0) is 6.42 Å². The molecule has 0 fully saturated rings. The molecule has 0 bridgehead atoms. The van der Waals surface area contributed by atoms with E-state index >= 15 is 0 Å². The summed E-state index contributed by atoms with van der Waals surface area (Å²) in [7, 11) is 0. The standard InChI is InChI=1S/C14H16ClN/c1-8-4-3-5-11-12-7-10(15)6-9(2)14(12)16-13(8)11/h6-8,16H,3-5H2,1-2H3. The van der Waals surface area contributed by atoms with Gasteiger partial charge in [0.1, 0.15) is 0 Å². The quantitative estimate of drug-likeness (QED) is 0.686. The second-order valence-electron chi connectivity index (χ2n) is 4.96. The van der Waals surface area contributed by atoms with Crippen molar-refractivity contribution in [1.82, 2.24) is 4.98 Å². The van der Waals surface area contributed by atoms with Gasteiger partial charge in [0, 0.05) is 21.6 Å². The van der Waals surface area contributed by atoms with Crippen molar-refractivity contribution in [3.8, 4) is 0 Å². The predicted octanol–water partition coefficient (Wildman–Crippen LogP) is 4.57. The third-order valence-electron chi connectivity index (χ3n) is 3.77. The SMILES string of the molecule is Cc1cc(Cl)cc2c3c([nH]c12)C(C)CCC3. The summed E-state index contributed by atoms with van der Waals surface area (Å²) in [5.41, 5.74) is 5.47. The van der Waals surface area contributed by atoms with Gasteiger partial charge < -0.3 is 4.98 Å². The summed E-state index contributed by atoms with van der Waals surface area (Å²) in [5.74, 6) is 0.661. The number of aromatic nitrogens is 1. The van der Waals surface area contributed by atoms with Gasteiger partial charge in [-0.3, -0.25) is 0 Å². The van der Waals surface area contributed by atoms with Crippen molar-refractivity contribution in [2.45, 2.75) is 39.0 Å². The van der Waals surface area contributed by atoms with Crippen LogP contribution >= 0.6 is 11.6 Å². The molecule has 2 heteroatoms. The maximum Gasteiger partial charge on any atom is 0.0489 e. The second-order valence-corrected chi connectivity index (χ2v) is 5.39. The Balaban J connectivity index is 2.36. The summed E-state index contributed by atoms with van der Waals surface area (Å²) < 4.78 is 0. The third-order valence-corrected chi connectivity index (χ3v) is 3.99. The molecule has 1 atom stereocenters. The lowest BCUT2D eigenvalue weighted by atomic mass is 9.88. The largest absolute Gasteiger partial charge is 0.358 e. The van der Waals surface area contributed by atoms with Crippen molar-refractivity contribution >= 4 is 22.5 Å². The maximum atomic E-state index is 6.15. The molecule has 1 N–H and O–H groups in total. The predicted molar refractivity (Wildman–Crippen MR) is 69.4 cm³/mol. The number of nitrogens with one attached hydrogen (secondary N) is 1. The first-order valence-corrected chi connectivity index (χ1v) is 6.35. The molecule has 1 aromatic carbocycles. The number of benzene rings is 1. The molecule has 1 aliphatic carbocycles. The lowest BCUT2D eigenvalue weighted by Gasteiger charge is -2.18. The number of rotatable bonds is 0. The zero-order chi connectivity index (χ0) is 11.3. The van der Waals surface area contributed by atoms with Crippen LogP contribution in [0.1, 0.15) is 42.5 Å². The van der Waals surface area contributed by atoms with Crippen LogP contribution in [0.4, 0.5) is 0 Å². The Hall–Kier alpha value is -0.950. The molecule has 1 unspecified atom stereocenters. The normalized spacial score (nSPS) is 20.1. The van der Waals surface area contributed by atoms with E-state index in [1.807, 2.05) is 6.07 Å². The van der Waals surface area contributed by atoms with E-state index < -0.39 is 0 Å². The van der Waals surface area contributed by atoms with Gasteiger partial charge in [-0.2, -0.15) is 0 Å². The number of H-pyrrole nitrogens is 1. The summed E-state index contributed by atoms with van der Waals surface area (Å²) in [6, 6.07) is 4.15. The fourth-order valence-electron chi connectivity index (χ4n) is 2.92. The van der Waals surface area contributed by atoms with Gasteiger partial charge in [0.15, 0.2) is 0 Å². The van der Waals surface area contributed by atoms with Crippen LogP contribution in [-0.4, -0.2) is 4.98 Å². The molecule has 0 amide bonds. The van der Waals surface area contributed by atoms with Crippen molar-refractivity contribution in [3.05, 3.63) is 34.0 Å². The van der Waals surface area contributed by atoms with E-state index in [1.54, 1.807) is 0 Å². The fourth-order valence-corrected chi connectivity index (χ4v) is 3.19. The van der Waals surface area contributed by atoms with Crippen LogP contribution in [0.25, 0.3) is 10.9 Å². The highest BCUT2D eigenvalue weighted by Crippen LogP contribution is 2.37. The van der Waals surface area contributed by atoms with Crippen LogP contribution in [0, 0.1) is 6.92 Å². The molecule has 1 aromatic heterocycles. The van der Waals surface area contributed by atoms with E-state index in [0.29, 0.717) is 5.92 Å². The Bertz CT molecular complexity index is 553. The summed E-state index contributed by atoms with van der Waals surface area (Å²) >= 11 is 6.15. The number of halogens is 1. The van der Waals surface area contributed by atoms with Gasteiger partial charge in [-0.05, 0) is 55.4 Å². The number of aromatic amines is 1. The first-order valence-electron chi connectivity index (χ1n) is 5.97. The minimum atomic E-state index is 0.661. The van der Waals surface area contributed by atoms with E-state index in [-0.39, 0.29) is 0 Å². The number of aryl methyl sites for hydroxylation is 2. The molecule has 0 saturated carbocycles. The highest BCUT2D eigenvalue weighted by molar-refractivity contribution is 6.31. The average molecular weight is 234 g/mol. The molecular weight excluding hydrogens is 218 g/mol. The maximum absolute atomic E-state index is 6.15. The van der Waals surface area contributed by atoms with Crippen molar-refractivity contribution < 1.29 is 0 Å². The Morgan fingerprint density at radius 2 is 2.19 bits per heavy atom. The van der Waals surface area contributed by atoms with Gasteiger partial charge in [0.25, 0.3) is 0 Å². The van der Waals surface area contributed by atoms with E-state index in [2.05, 4.69) is 24.9 Å². The van der Waals surface area contributed by atoms with Crippen LogP contribution in [0.15, 0.2) is 12.1 Å². The van der Waals surface area contributed by atoms with Crippen molar-refractivity contribution in [2.75, 3.05) is 0 Å². The minimum Gasteiger partial charge on any atom is -0.358 e. The second kappa shape index (κ2) is 3.53. The molecule has 1 heterocycles. The van der Waals surface area contributed by atoms with E-state index in [1.165, 1.54) is 47.0 Å². The molecule has 1 nitrogen and oxygen atoms in total. The molecular formula is C14H16ClN. The first kappa shape index (κ1) is 10.2. The molecule has 2 aromatic rings. The van der Waals surface area contributed by atoms with E-state index in [0.717, 1.165) is 5.02 Å². The van der Waals surface area contributed by atoms with Gasteiger partial charge in [0.05, 0.1) is 0 Å². The molecule has 84 valence electrons. The summed E-state index contributed by atoms with van der Waals surface area (Å²) in [4.78, 5) is 3.60. The van der Waals surface area contributed by atoms with Crippen LogP contribution < -0.4 is 0 Å². The zero-order valence-corrected chi connectivity index (χ0v) is 10.5. The van der Waals surface area contributed by atoms with Gasteiger partial charge in [-0.25, -0.2) is 0 Å². The monoisotopic (exact) mass is 233 g/mol. The summed E-state index contributed by atoms with van der Waals surface area (Å²) in [5, 5.41) is 2.19. The van der Waals surface area contributed by atoms with Gasteiger partial charge in [-0.1, -0.05) is 18.5 Å². The zero-order valence-electron chi connectivity index (χ0n) is 9.73. The number of hydrogen-bond donors (Lipinski definition) is 1.